The number of nitrogens with zero attached hydrogens (tertiary/aromatic N) is 1. The molecule has 0 unspecified atom stereocenters. The Morgan fingerprint density at radius 3 is 2.53 bits per heavy atom. The van der Waals surface area contributed by atoms with Gasteiger partial charge in [-0.2, -0.15) is 0 Å². The first kappa shape index (κ1) is 12.8. The highest BCUT2D eigenvalue weighted by Gasteiger charge is 2.04. The Bertz CT molecular complexity index is 400. The summed E-state index contributed by atoms with van der Waals surface area (Å²) in [5.41, 5.74) is 6.23. The smallest absolute Gasteiger partial charge is 0.497 e. The standard InChI is InChI=1S/C11H14N2O4/c1-3-16-11(14)17-13-10(12)8-4-6-9(15-2)7-5-8/h4-7H,3H2,1-2H3,(H2,12,13). The van der Waals surface area contributed by atoms with E-state index >= 15 is 0 Å². The molecular weight excluding hydrogens is 224 g/mol. The molecule has 6 heteroatoms. The van der Waals surface area contributed by atoms with Gasteiger partial charge in [-0.05, 0) is 31.2 Å². The minimum Gasteiger partial charge on any atom is -0.497 e. The summed E-state index contributed by atoms with van der Waals surface area (Å²) in [6.07, 6.45) is -0.885. The monoisotopic (exact) mass is 238 g/mol. The van der Waals surface area contributed by atoms with Crippen molar-refractivity contribution in [2.45, 2.75) is 6.92 Å². The number of ether oxygens (including phenoxy) is 2. The number of carbonyl (C=O) groups is 1. The normalized spacial score (nSPS) is 10.8. The van der Waals surface area contributed by atoms with E-state index < -0.39 is 6.16 Å². The van der Waals surface area contributed by atoms with Crippen molar-refractivity contribution in [3.63, 3.8) is 0 Å². The molecule has 0 amide bonds. The Labute approximate surface area is 98.9 Å². The van der Waals surface area contributed by atoms with Crippen molar-refractivity contribution < 1.29 is 19.1 Å². The van der Waals surface area contributed by atoms with E-state index in [9.17, 15) is 4.79 Å². The van der Waals surface area contributed by atoms with Crippen molar-refractivity contribution in [1.29, 1.82) is 0 Å². The van der Waals surface area contributed by atoms with E-state index in [2.05, 4.69) is 14.7 Å². The Hall–Kier alpha value is -2.24. The van der Waals surface area contributed by atoms with Crippen molar-refractivity contribution in [1.82, 2.24) is 0 Å². The number of hydrogen-bond donors (Lipinski definition) is 1. The molecule has 0 aliphatic rings. The second-order valence-corrected chi connectivity index (χ2v) is 2.98. The molecule has 0 saturated heterocycles. The summed E-state index contributed by atoms with van der Waals surface area (Å²) in [5, 5.41) is 3.45. The first-order valence-corrected chi connectivity index (χ1v) is 4.99. The van der Waals surface area contributed by atoms with E-state index in [1.807, 2.05) is 0 Å². The highest BCUT2D eigenvalue weighted by atomic mass is 16.8. The predicted molar refractivity (Wildman–Crippen MR) is 61.8 cm³/mol. The molecule has 2 N–H and O–H groups in total. The van der Waals surface area contributed by atoms with Crippen molar-refractivity contribution in [2.24, 2.45) is 10.9 Å². The molecule has 0 spiro atoms. The van der Waals surface area contributed by atoms with Crippen LogP contribution < -0.4 is 10.5 Å². The maximum absolute atomic E-state index is 10.9. The van der Waals surface area contributed by atoms with Gasteiger partial charge in [0.2, 0.25) is 0 Å². The maximum atomic E-state index is 10.9. The van der Waals surface area contributed by atoms with Crippen LogP contribution in [0.5, 0.6) is 5.75 Å². The molecule has 6 nitrogen and oxygen atoms in total. The van der Waals surface area contributed by atoms with Gasteiger partial charge in [0.25, 0.3) is 0 Å². The zero-order valence-corrected chi connectivity index (χ0v) is 9.67. The van der Waals surface area contributed by atoms with Gasteiger partial charge in [0.05, 0.1) is 13.7 Å². The van der Waals surface area contributed by atoms with Crippen molar-refractivity contribution in [3.8, 4) is 5.75 Å². The number of nitrogens with two attached hydrogens (primary N) is 1. The molecule has 0 fully saturated rings. The first-order chi connectivity index (χ1) is 8.17. The SMILES string of the molecule is CCOC(=O)O/N=C(\N)c1ccc(OC)cc1. The van der Waals surface area contributed by atoms with Crippen LogP contribution in [0.25, 0.3) is 0 Å². The number of hydrogen-bond acceptors (Lipinski definition) is 5. The first-order valence-electron chi connectivity index (χ1n) is 4.99. The minimum absolute atomic E-state index is 0.0840. The average molecular weight is 238 g/mol. The molecule has 0 heterocycles. The van der Waals surface area contributed by atoms with Gasteiger partial charge in [-0.1, -0.05) is 5.16 Å². The molecule has 92 valence electrons. The highest BCUT2D eigenvalue weighted by Crippen LogP contribution is 2.10. The molecule has 0 aliphatic carbocycles. The molecule has 1 aromatic rings. The van der Waals surface area contributed by atoms with Crippen molar-refractivity contribution >= 4 is 12.0 Å². The second kappa shape index (κ2) is 6.37. The summed E-state index contributed by atoms with van der Waals surface area (Å²) in [7, 11) is 1.57. The number of methoxy groups -OCH3 is 1. The Balaban J connectivity index is 2.64. The molecular formula is C11H14N2O4. The van der Waals surface area contributed by atoms with Gasteiger partial charge < -0.3 is 15.2 Å². The lowest BCUT2D eigenvalue weighted by Gasteiger charge is -2.02. The van der Waals surface area contributed by atoms with Crippen LogP contribution in [0.1, 0.15) is 12.5 Å². The van der Waals surface area contributed by atoms with Gasteiger partial charge in [0.15, 0.2) is 5.84 Å². The molecule has 17 heavy (non-hydrogen) atoms. The summed E-state index contributed by atoms with van der Waals surface area (Å²) in [6, 6.07) is 6.85. The molecule has 0 saturated carbocycles. The van der Waals surface area contributed by atoms with E-state index in [1.54, 1.807) is 38.3 Å². The van der Waals surface area contributed by atoms with Crippen LogP contribution in [0.4, 0.5) is 4.79 Å². The van der Waals surface area contributed by atoms with Gasteiger partial charge in [-0.25, -0.2) is 4.79 Å². The summed E-state index contributed by atoms with van der Waals surface area (Å²) in [5.74, 6) is 0.786. The highest BCUT2D eigenvalue weighted by molar-refractivity contribution is 5.97. The van der Waals surface area contributed by atoms with Gasteiger partial charge in [-0.3, -0.25) is 4.84 Å². The fourth-order valence-electron chi connectivity index (χ4n) is 1.05. The number of amidine groups is 1. The Kier molecular flexibility index (Phi) is 4.80. The fraction of sp³-hybridized carbons (Fsp3) is 0.273. The number of benzene rings is 1. The quantitative estimate of drug-likeness (QED) is 0.282. The zero-order valence-electron chi connectivity index (χ0n) is 9.67. The lowest BCUT2D eigenvalue weighted by atomic mass is 10.2. The summed E-state index contributed by atoms with van der Waals surface area (Å²) >= 11 is 0. The third-order valence-corrected chi connectivity index (χ3v) is 1.87. The van der Waals surface area contributed by atoms with Crippen LogP contribution in [0.2, 0.25) is 0 Å². The van der Waals surface area contributed by atoms with Gasteiger partial charge in [0.1, 0.15) is 5.75 Å². The lowest BCUT2D eigenvalue weighted by molar-refractivity contribution is 0.0613. The van der Waals surface area contributed by atoms with E-state index in [0.717, 1.165) is 0 Å². The van der Waals surface area contributed by atoms with E-state index in [1.165, 1.54) is 0 Å². The second-order valence-electron chi connectivity index (χ2n) is 2.98. The Morgan fingerprint density at radius 2 is 2.00 bits per heavy atom. The van der Waals surface area contributed by atoms with Crippen LogP contribution in [-0.2, 0) is 9.57 Å². The van der Waals surface area contributed by atoms with Crippen molar-refractivity contribution in [3.05, 3.63) is 29.8 Å². The van der Waals surface area contributed by atoms with Gasteiger partial charge >= 0.3 is 6.16 Å². The molecule has 0 atom stereocenters. The summed E-state index contributed by atoms with van der Waals surface area (Å²) < 4.78 is 9.51. The van der Waals surface area contributed by atoms with Crippen LogP contribution in [0.3, 0.4) is 0 Å². The number of carbonyl (C=O) groups excluding carboxylic acids is 1. The van der Waals surface area contributed by atoms with Crippen LogP contribution >= 0.6 is 0 Å². The largest absolute Gasteiger partial charge is 0.535 e. The zero-order chi connectivity index (χ0) is 12.7. The summed E-state index contributed by atoms with van der Waals surface area (Å²) in [4.78, 5) is 15.3. The third-order valence-electron chi connectivity index (χ3n) is 1.87. The molecule has 0 bridgehead atoms. The summed E-state index contributed by atoms with van der Waals surface area (Å²) in [6.45, 7) is 1.88. The lowest BCUT2D eigenvalue weighted by Crippen LogP contribution is -2.15. The number of rotatable bonds is 4. The van der Waals surface area contributed by atoms with Crippen LogP contribution in [0.15, 0.2) is 29.4 Å². The molecule has 1 rings (SSSR count). The van der Waals surface area contributed by atoms with Crippen LogP contribution in [0, 0.1) is 0 Å². The predicted octanol–water partition coefficient (Wildman–Crippen LogP) is 1.49. The van der Waals surface area contributed by atoms with E-state index in [-0.39, 0.29) is 12.4 Å². The van der Waals surface area contributed by atoms with E-state index in [0.29, 0.717) is 11.3 Å². The Morgan fingerprint density at radius 1 is 1.35 bits per heavy atom. The van der Waals surface area contributed by atoms with Gasteiger partial charge in [-0.15, -0.1) is 0 Å². The molecule has 0 aromatic heterocycles. The maximum Gasteiger partial charge on any atom is 0.535 e. The molecule has 1 aromatic carbocycles. The van der Waals surface area contributed by atoms with Gasteiger partial charge in [0, 0.05) is 5.56 Å². The van der Waals surface area contributed by atoms with E-state index in [4.69, 9.17) is 10.5 Å². The van der Waals surface area contributed by atoms with Crippen molar-refractivity contribution in [2.75, 3.05) is 13.7 Å². The average Bonchev–Trinajstić information content (AvgIpc) is 2.36. The fourth-order valence-corrected chi connectivity index (χ4v) is 1.05. The number of oxime groups is 1. The topological polar surface area (TPSA) is 83.1 Å². The molecule has 0 aliphatic heterocycles. The minimum atomic E-state index is -0.885. The third kappa shape index (κ3) is 4.02. The molecule has 0 radical (unpaired) electrons. The van der Waals surface area contributed by atoms with Crippen LogP contribution in [-0.4, -0.2) is 25.7 Å².